The minimum atomic E-state index is -1.99. The highest BCUT2D eigenvalue weighted by Crippen LogP contribution is 2.56. The number of benzene rings is 2. The summed E-state index contributed by atoms with van der Waals surface area (Å²) in [5.74, 6) is -9.24. The number of aryl methyl sites for hydroxylation is 1. The number of ether oxygens (including phenoxy) is 3. The minimum absolute atomic E-state index is 0.0585. The highest BCUT2D eigenvalue weighted by molar-refractivity contribution is 6.24. The van der Waals surface area contributed by atoms with E-state index in [4.69, 9.17) is 19.3 Å². The molecule has 454 valence electrons. The van der Waals surface area contributed by atoms with Gasteiger partial charge in [-0.05, 0) is 108 Å². The summed E-state index contributed by atoms with van der Waals surface area (Å²) >= 11 is 0. The van der Waals surface area contributed by atoms with E-state index in [0.717, 1.165) is 43.9 Å². The first-order chi connectivity index (χ1) is 39.8. The molecule has 84 heavy (non-hydrogen) atoms. The van der Waals surface area contributed by atoms with Gasteiger partial charge in [-0.1, -0.05) is 45.9 Å². The normalized spacial score (nSPS) is 30.2. The van der Waals surface area contributed by atoms with Gasteiger partial charge in [0.1, 0.15) is 22.8 Å². The second kappa shape index (κ2) is 23.0. The predicted octanol–water partition coefficient (Wildman–Crippen LogP) is 7.48. The fourth-order valence-corrected chi connectivity index (χ4v) is 14.1. The lowest BCUT2D eigenvalue weighted by Crippen LogP contribution is -2.50. The summed E-state index contributed by atoms with van der Waals surface area (Å²) in [6, 6.07) is 1.64. The Hall–Kier alpha value is -6.62. The largest absolute Gasteiger partial charge is 0.507 e. The average molecular weight is 1170 g/mol. The van der Waals surface area contributed by atoms with Crippen LogP contribution in [0.5, 0.6) is 23.0 Å². The van der Waals surface area contributed by atoms with Gasteiger partial charge in [-0.2, -0.15) is 5.10 Å². The van der Waals surface area contributed by atoms with Crippen molar-refractivity contribution in [3.63, 3.8) is 0 Å². The van der Waals surface area contributed by atoms with Gasteiger partial charge in [0.2, 0.25) is 5.78 Å². The number of carboxylic acids is 1. The van der Waals surface area contributed by atoms with Gasteiger partial charge in [-0.3, -0.25) is 28.7 Å². The van der Waals surface area contributed by atoms with E-state index >= 15 is 4.39 Å². The van der Waals surface area contributed by atoms with Crippen LogP contribution in [0.3, 0.4) is 0 Å². The van der Waals surface area contributed by atoms with Gasteiger partial charge in [-0.15, -0.1) is 0 Å². The number of carbonyl (C=O) groups is 3. The van der Waals surface area contributed by atoms with Crippen molar-refractivity contribution in [2.75, 3.05) is 57.2 Å². The Morgan fingerprint density at radius 1 is 0.881 bits per heavy atom. The molecular weight excluding hydrogens is 1080 g/mol. The van der Waals surface area contributed by atoms with Crippen molar-refractivity contribution in [1.29, 1.82) is 0 Å². The van der Waals surface area contributed by atoms with E-state index < -0.39 is 100 Å². The molecule has 0 radical (unpaired) electrons. The molecule has 2 saturated carbocycles. The number of anilines is 2. The number of ketones is 1. The van der Waals surface area contributed by atoms with Crippen LogP contribution in [0.4, 0.5) is 15.8 Å². The number of pyridine rings is 2. The number of carbonyl (C=O) groups excluding carboxylic acids is 2. The predicted molar refractivity (Wildman–Crippen MR) is 314 cm³/mol. The molecule has 2 aromatic heterocycles. The Labute approximate surface area is 487 Å². The van der Waals surface area contributed by atoms with E-state index in [0.29, 0.717) is 55.8 Å². The molecular formula is C63H81FN6O14. The molecule has 7 aliphatic rings. The van der Waals surface area contributed by atoms with Gasteiger partial charge in [0.15, 0.2) is 11.6 Å². The molecule has 1 amide bonds. The van der Waals surface area contributed by atoms with Gasteiger partial charge in [0, 0.05) is 92.0 Å². The summed E-state index contributed by atoms with van der Waals surface area (Å²) in [5.41, 5.74) is 0.784. The number of piperidine rings is 1. The van der Waals surface area contributed by atoms with E-state index in [1.54, 1.807) is 39.8 Å². The number of fused-ring (bicyclic) bond motifs is 16. The van der Waals surface area contributed by atoms with E-state index in [1.807, 2.05) is 11.9 Å². The van der Waals surface area contributed by atoms with Gasteiger partial charge in [0.25, 0.3) is 17.3 Å². The topological polar surface area (TPSA) is 276 Å². The maximum absolute atomic E-state index is 16.3. The Kier molecular flexibility index (Phi) is 16.6. The van der Waals surface area contributed by atoms with Crippen LogP contribution in [0, 0.1) is 49.3 Å². The fourth-order valence-electron chi connectivity index (χ4n) is 14.1. The highest BCUT2D eigenvalue weighted by atomic mass is 19.1. The number of allylic oxidation sites excluding steroid dienone is 2. The molecule has 7 heterocycles. The van der Waals surface area contributed by atoms with Crippen molar-refractivity contribution in [2.24, 2.45) is 34.7 Å². The number of nitrogens with zero attached hydrogens (tertiary/aromatic N) is 5. The van der Waals surface area contributed by atoms with Gasteiger partial charge in [0.05, 0.1) is 76.8 Å². The number of phenols is 3. The maximum atomic E-state index is 16.3. The summed E-state index contributed by atoms with van der Waals surface area (Å²) in [6.45, 7) is 15.3. The molecule has 5 bridgehead atoms. The van der Waals surface area contributed by atoms with Crippen molar-refractivity contribution in [3.8, 4) is 23.0 Å². The SMILES string of the molecule is CO[C@H]1CCO[C@@]2(C)Oc3c(C)c(O)c4c(O)c(c(/C=N/N5CCC(N(C)C6([C@@H]7CCN(c8c(F)cn9c(=O)c(C(=O)O)cc(C%10CC%10)c9c8C)C7)CC6)CC5)c(O)c4c3C2=O)NC(=O)/C(C)=C\C=C\[C@H](C)[C@H](O)[C@@H](C)[C@@H](O)[C@@H](C)[C@H](O)[C@@H]1C. The number of phenolic OH excluding ortho intramolecular Hbond substituents is 3. The number of aliphatic hydroxyl groups is 3. The molecule has 2 saturated heterocycles. The summed E-state index contributed by atoms with van der Waals surface area (Å²) in [5, 5.41) is 89.6. The van der Waals surface area contributed by atoms with Crippen LogP contribution in [-0.2, 0) is 14.3 Å². The Morgan fingerprint density at radius 2 is 1.55 bits per heavy atom. The number of aromatic carboxylic acids is 1. The minimum Gasteiger partial charge on any atom is -0.507 e. The molecule has 5 aliphatic heterocycles. The van der Waals surface area contributed by atoms with Crippen LogP contribution in [0.25, 0.3) is 16.3 Å². The molecule has 2 aliphatic carbocycles. The molecule has 11 rings (SSSR count). The lowest BCUT2D eigenvalue weighted by Gasteiger charge is -2.42. The van der Waals surface area contributed by atoms with Crippen LogP contribution in [0.1, 0.15) is 142 Å². The third-order valence-corrected chi connectivity index (χ3v) is 19.8. The van der Waals surface area contributed by atoms with Crippen LogP contribution >= 0.6 is 0 Å². The van der Waals surface area contributed by atoms with E-state index in [-0.39, 0.29) is 86.5 Å². The number of amides is 1. The molecule has 21 heteroatoms. The van der Waals surface area contributed by atoms with Crippen LogP contribution in [0.2, 0.25) is 0 Å². The van der Waals surface area contributed by atoms with Crippen molar-refractivity contribution in [2.45, 2.75) is 154 Å². The van der Waals surface area contributed by atoms with E-state index in [9.17, 15) is 54.9 Å². The Morgan fingerprint density at radius 3 is 2.19 bits per heavy atom. The molecule has 4 aromatic rings. The number of aliphatic hydroxyl groups excluding tert-OH is 3. The number of nitrogens with one attached hydrogen (secondary N) is 1. The first-order valence-corrected chi connectivity index (χ1v) is 29.5. The second-order valence-corrected chi connectivity index (χ2v) is 24.9. The average Bonchev–Trinajstić information content (AvgIpc) is 1.50. The number of methoxy groups -OCH3 is 1. The lowest BCUT2D eigenvalue weighted by atomic mass is 9.78. The summed E-state index contributed by atoms with van der Waals surface area (Å²) in [6.07, 6.45) is 9.51. The fraction of sp³-hybridized carbons (Fsp3) is 0.571. The molecule has 10 atom stereocenters. The quantitative estimate of drug-likeness (QED) is 0.0458. The molecule has 20 nitrogen and oxygen atoms in total. The summed E-state index contributed by atoms with van der Waals surface area (Å²) in [7, 11) is 3.64. The molecule has 0 unspecified atom stereocenters. The van der Waals surface area contributed by atoms with Crippen LogP contribution in [0.15, 0.2) is 46.0 Å². The standard InChI is InChI=1S/C63H81FN6O14/c1-30-12-11-13-31(2)59(78)66-48-42(55(75)45-46(56(48)76)54(74)36(7)57-47(45)58(77)62(8,84-57)83-25-19-44(82-10)32(3)52(72)35(6)53(73)34(5)51(30)71)27-65-69-23-17-39(18-24-69)67(9)63(20-21-63)38-16-22-68(28-38)50-33(4)49-40(37-14-15-37)26-41(61(80)81)60(79)70(49)29-43(50)64/h11-13,26-27,29-30,32,34-35,37-39,44,51-53,71-76H,14-25,28H2,1-10H3,(H,66,78)(H,80,81)/b12-11+,31-13-,65-27+/t30-,32+,34+,35-,38+,44-,51-,52+,53+,62-/m0/s1. The number of hydrazone groups is 1. The van der Waals surface area contributed by atoms with Gasteiger partial charge >= 0.3 is 5.97 Å². The van der Waals surface area contributed by atoms with Crippen LogP contribution in [-0.4, -0.2) is 163 Å². The van der Waals surface area contributed by atoms with Gasteiger partial charge in [-0.25, -0.2) is 9.18 Å². The van der Waals surface area contributed by atoms with E-state index in [2.05, 4.69) is 22.2 Å². The first-order valence-electron chi connectivity index (χ1n) is 29.5. The van der Waals surface area contributed by atoms with Crippen molar-refractivity contribution >= 4 is 51.5 Å². The third-order valence-electron chi connectivity index (χ3n) is 19.8. The molecule has 0 spiro atoms. The number of aromatic nitrogens is 1. The van der Waals surface area contributed by atoms with Gasteiger partial charge < -0.3 is 60.2 Å². The zero-order chi connectivity index (χ0) is 60.8. The number of aromatic hydroxyl groups is 3. The highest BCUT2D eigenvalue weighted by Gasteiger charge is 2.56. The second-order valence-electron chi connectivity index (χ2n) is 24.9. The van der Waals surface area contributed by atoms with Crippen LogP contribution < -0.4 is 20.5 Å². The van der Waals surface area contributed by atoms with Crippen molar-refractivity contribution < 1.29 is 68.7 Å². The lowest BCUT2D eigenvalue weighted by molar-refractivity contribution is -0.138. The smallest absolute Gasteiger partial charge is 0.341 e. The number of hydrogen-bond donors (Lipinski definition) is 8. The number of Topliss-reactive ketones (excluding diaryl/α,β-unsaturated/α-hetero) is 1. The Bertz CT molecular complexity index is 3460. The number of rotatable bonds is 9. The summed E-state index contributed by atoms with van der Waals surface area (Å²) < 4.78 is 35.7. The molecule has 8 N–H and O–H groups in total. The number of hydrogen-bond acceptors (Lipinski definition) is 17. The molecule has 4 fully saturated rings. The third kappa shape index (κ3) is 10.5. The zero-order valence-electron chi connectivity index (χ0n) is 49.6. The summed E-state index contributed by atoms with van der Waals surface area (Å²) in [4.78, 5) is 58.8. The zero-order valence-corrected chi connectivity index (χ0v) is 49.6. The Balaban J connectivity index is 0.919. The monoisotopic (exact) mass is 1160 g/mol. The first kappa shape index (κ1) is 60.5. The van der Waals surface area contributed by atoms with Crippen molar-refractivity contribution in [3.05, 3.63) is 85.6 Å². The number of halogens is 1. The van der Waals surface area contributed by atoms with Crippen molar-refractivity contribution in [1.82, 2.24) is 14.3 Å². The number of carboxylic acid groups (broad SMARTS) is 1. The molecule has 2 aromatic carbocycles. The van der Waals surface area contributed by atoms with E-state index in [1.165, 1.54) is 50.6 Å². The maximum Gasteiger partial charge on any atom is 0.341 e.